The van der Waals surface area contributed by atoms with Gasteiger partial charge >= 0.3 is 0 Å². The number of nitrogens with one attached hydrogen (secondary N) is 3. The molecule has 3 N–H and O–H groups in total. The van der Waals surface area contributed by atoms with Gasteiger partial charge in [-0.25, -0.2) is 0 Å². The highest BCUT2D eigenvalue weighted by molar-refractivity contribution is 7.79. The monoisotopic (exact) mass is 379 g/mol. The van der Waals surface area contributed by atoms with E-state index in [1.54, 1.807) is 0 Å². The van der Waals surface area contributed by atoms with Crippen molar-refractivity contribution in [2.45, 2.75) is 0 Å². The van der Waals surface area contributed by atoms with Crippen LogP contribution < -0.4 is 16.3 Å². The summed E-state index contributed by atoms with van der Waals surface area (Å²) in [5.41, 5.74) is 7.27. The highest BCUT2D eigenvalue weighted by Crippen LogP contribution is 2.35. The van der Waals surface area contributed by atoms with Crippen molar-refractivity contribution in [3.63, 3.8) is 0 Å². The van der Waals surface area contributed by atoms with E-state index in [1.807, 2.05) is 0 Å². The minimum atomic E-state index is -0.753. The maximum absolute atomic E-state index is 3.67. The van der Waals surface area contributed by atoms with Gasteiger partial charge in [-0.1, -0.05) is 54.6 Å². The summed E-state index contributed by atoms with van der Waals surface area (Å²) in [6.45, 7) is 0. The summed E-state index contributed by atoms with van der Waals surface area (Å²) in [6, 6.07) is 32.3. The van der Waals surface area contributed by atoms with Crippen LogP contribution in [-0.2, 0) is 0 Å². The van der Waals surface area contributed by atoms with E-state index < -0.39 is 7.92 Å². The minimum absolute atomic E-state index is 0.753. The van der Waals surface area contributed by atoms with Crippen LogP contribution in [0.4, 0.5) is 0 Å². The molecule has 0 unspecified atom stereocenters. The molecular formula is C24H18N3P. The third-order valence-corrected chi connectivity index (χ3v) is 7.44. The second-order valence-corrected chi connectivity index (χ2v) is 9.18. The molecule has 0 saturated heterocycles. The van der Waals surface area contributed by atoms with Crippen LogP contribution in [0.3, 0.4) is 0 Å². The van der Waals surface area contributed by atoms with Gasteiger partial charge in [0.05, 0.1) is 16.3 Å². The van der Waals surface area contributed by atoms with Crippen LogP contribution in [0.1, 0.15) is 0 Å². The molecule has 0 atom stereocenters. The van der Waals surface area contributed by atoms with Crippen molar-refractivity contribution in [2.24, 2.45) is 0 Å². The number of H-pyrrole nitrogens is 3. The predicted molar refractivity (Wildman–Crippen MR) is 121 cm³/mol. The maximum atomic E-state index is 3.67. The Kier molecular flexibility index (Phi) is 3.44. The fourth-order valence-corrected chi connectivity index (χ4v) is 6.20. The van der Waals surface area contributed by atoms with Gasteiger partial charge in [-0.3, -0.25) is 0 Å². The molecule has 0 amide bonds. The van der Waals surface area contributed by atoms with Crippen molar-refractivity contribution in [3.05, 3.63) is 91.0 Å². The second kappa shape index (κ2) is 6.12. The molecule has 28 heavy (non-hydrogen) atoms. The van der Waals surface area contributed by atoms with Gasteiger partial charge in [-0.05, 0) is 36.4 Å². The SMILES string of the molecule is c1ccc2[nH]c(P(c3cc4ccccc4[nH]3)c3cc4ccccc4[nH]3)cc2c1. The first-order valence-electron chi connectivity index (χ1n) is 9.38. The van der Waals surface area contributed by atoms with E-state index in [-0.39, 0.29) is 0 Å². The van der Waals surface area contributed by atoms with Gasteiger partial charge in [0.2, 0.25) is 0 Å². The van der Waals surface area contributed by atoms with Gasteiger partial charge in [0.15, 0.2) is 0 Å². The molecule has 3 heterocycles. The van der Waals surface area contributed by atoms with Crippen molar-refractivity contribution in [2.75, 3.05) is 0 Å². The second-order valence-electron chi connectivity index (χ2n) is 7.06. The van der Waals surface area contributed by atoms with E-state index in [4.69, 9.17) is 0 Å². The molecule has 0 aliphatic heterocycles. The lowest BCUT2D eigenvalue weighted by molar-refractivity contribution is 1.50. The molecule has 0 bridgehead atoms. The molecular weight excluding hydrogens is 361 g/mol. The fraction of sp³-hybridized carbons (Fsp3) is 0. The minimum Gasteiger partial charge on any atom is -0.354 e. The van der Waals surface area contributed by atoms with E-state index in [9.17, 15) is 0 Å². The molecule has 0 fully saturated rings. The zero-order valence-corrected chi connectivity index (χ0v) is 16.0. The molecule has 0 saturated carbocycles. The number of fused-ring (bicyclic) bond motifs is 3. The highest BCUT2D eigenvalue weighted by Gasteiger charge is 2.22. The normalized spacial score (nSPS) is 11.9. The summed E-state index contributed by atoms with van der Waals surface area (Å²) in [6.07, 6.45) is 0. The molecule has 6 aromatic rings. The van der Waals surface area contributed by atoms with E-state index in [0.29, 0.717) is 0 Å². The molecule has 3 aromatic carbocycles. The number of aromatic amines is 3. The van der Waals surface area contributed by atoms with Crippen LogP contribution in [0.5, 0.6) is 0 Å². The highest BCUT2D eigenvalue weighted by atomic mass is 31.1. The van der Waals surface area contributed by atoms with Crippen LogP contribution in [0.15, 0.2) is 91.0 Å². The molecule has 3 nitrogen and oxygen atoms in total. The third kappa shape index (κ3) is 2.48. The van der Waals surface area contributed by atoms with Crippen LogP contribution in [-0.4, -0.2) is 15.0 Å². The Morgan fingerprint density at radius 1 is 0.429 bits per heavy atom. The summed E-state index contributed by atoms with van der Waals surface area (Å²) in [5, 5.41) is 3.74. The fourth-order valence-electron chi connectivity index (χ4n) is 3.92. The molecule has 0 radical (unpaired) electrons. The zero-order valence-electron chi connectivity index (χ0n) is 15.1. The number of aromatic nitrogens is 3. The first-order valence-corrected chi connectivity index (χ1v) is 10.7. The van der Waals surface area contributed by atoms with Crippen LogP contribution >= 0.6 is 7.92 Å². The molecule has 134 valence electrons. The molecule has 0 spiro atoms. The van der Waals surface area contributed by atoms with Crippen LogP contribution in [0, 0.1) is 0 Å². The number of rotatable bonds is 3. The Hall–Kier alpha value is -3.29. The largest absolute Gasteiger partial charge is 0.354 e. The van der Waals surface area contributed by atoms with Gasteiger partial charge in [-0.15, -0.1) is 0 Å². The summed E-state index contributed by atoms with van der Waals surface area (Å²) in [7, 11) is -0.753. The Morgan fingerprint density at radius 3 is 1.07 bits per heavy atom. The van der Waals surface area contributed by atoms with Gasteiger partial charge < -0.3 is 15.0 Å². The maximum Gasteiger partial charge on any atom is 0.0517 e. The lowest BCUT2D eigenvalue weighted by Gasteiger charge is -2.13. The predicted octanol–water partition coefficient (Wildman–Crippen LogP) is 4.89. The van der Waals surface area contributed by atoms with Crippen molar-refractivity contribution >= 4 is 56.9 Å². The number of benzene rings is 3. The summed E-state index contributed by atoms with van der Waals surface area (Å²) in [5.74, 6) is 0. The molecule has 0 aliphatic rings. The topological polar surface area (TPSA) is 47.4 Å². The van der Waals surface area contributed by atoms with Gasteiger partial charge in [-0.2, -0.15) is 0 Å². The Bertz CT molecular complexity index is 1160. The van der Waals surface area contributed by atoms with Gasteiger partial charge in [0.25, 0.3) is 0 Å². The Balaban J connectivity index is 1.60. The van der Waals surface area contributed by atoms with Crippen LogP contribution in [0.2, 0.25) is 0 Å². The van der Waals surface area contributed by atoms with E-state index in [2.05, 4.69) is 106 Å². The van der Waals surface area contributed by atoms with Crippen LogP contribution in [0.25, 0.3) is 32.7 Å². The zero-order chi connectivity index (χ0) is 18.5. The first-order chi connectivity index (χ1) is 13.8. The smallest absolute Gasteiger partial charge is 0.0517 e. The lowest BCUT2D eigenvalue weighted by atomic mass is 10.3. The van der Waals surface area contributed by atoms with Crippen molar-refractivity contribution < 1.29 is 0 Å². The first kappa shape index (κ1) is 15.7. The van der Waals surface area contributed by atoms with E-state index >= 15 is 0 Å². The van der Waals surface area contributed by atoms with Crippen molar-refractivity contribution in [3.8, 4) is 0 Å². The summed E-state index contributed by atoms with van der Waals surface area (Å²) < 4.78 is 0. The molecule has 0 aliphatic carbocycles. The van der Waals surface area contributed by atoms with Crippen molar-refractivity contribution in [1.82, 2.24) is 15.0 Å². The third-order valence-electron chi connectivity index (χ3n) is 5.27. The van der Waals surface area contributed by atoms with Gasteiger partial charge in [0.1, 0.15) is 0 Å². The average Bonchev–Trinajstić information content (AvgIpc) is 3.44. The van der Waals surface area contributed by atoms with E-state index in [0.717, 1.165) is 0 Å². The summed E-state index contributed by atoms with van der Waals surface area (Å²) in [4.78, 5) is 11.0. The average molecular weight is 379 g/mol. The van der Waals surface area contributed by atoms with E-state index in [1.165, 1.54) is 49.0 Å². The molecule has 3 aromatic heterocycles. The molecule has 4 heteroatoms. The lowest BCUT2D eigenvalue weighted by Crippen LogP contribution is -2.22. The number of hydrogen-bond acceptors (Lipinski definition) is 0. The Labute approximate surface area is 163 Å². The summed E-state index contributed by atoms with van der Waals surface area (Å²) >= 11 is 0. The number of para-hydroxylation sites is 3. The Morgan fingerprint density at radius 2 is 0.750 bits per heavy atom. The standard InChI is InChI=1S/C24H18N3P/c1-4-10-19-16(7-1)13-22(25-19)28(23-14-17-8-2-5-11-20(17)26-23)24-15-18-9-3-6-12-21(18)27-24/h1-15,25-27H. The quantitative estimate of drug-likeness (QED) is 0.367. The van der Waals surface area contributed by atoms with Crippen molar-refractivity contribution in [1.29, 1.82) is 0 Å². The number of hydrogen-bond donors (Lipinski definition) is 3. The molecule has 6 rings (SSSR count). The van der Waals surface area contributed by atoms with Gasteiger partial charge in [0, 0.05) is 40.6 Å².